The van der Waals surface area contributed by atoms with E-state index >= 15 is 0 Å². The fourth-order valence-electron chi connectivity index (χ4n) is 2.84. The molecule has 1 aromatic rings. The second-order valence-electron chi connectivity index (χ2n) is 5.90. The van der Waals surface area contributed by atoms with E-state index in [2.05, 4.69) is 49.0 Å². The Morgan fingerprint density at radius 1 is 1.53 bits per heavy atom. The molecule has 19 heavy (non-hydrogen) atoms. The van der Waals surface area contributed by atoms with Gasteiger partial charge in [-0.05, 0) is 33.8 Å². The van der Waals surface area contributed by atoms with Crippen LogP contribution >= 0.6 is 0 Å². The topological polar surface area (TPSA) is 37.4 Å². The number of hydrogen-bond acceptors (Lipinski definition) is 4. The van der Waals surface area contributed by atoms with Crippen LogP contribution in [0.1, 0.15) is 33.3 Å². The summed E-state index contributed by atoms with van der Waals surface area (Å²) in [7, 11) is 0. The van der Waals surface area contributed by atoms with Gasteiger partial charge in [0, 0.05) is 37.9 Å². The third-order valence-electron chi connectivity index (χ3n) is 3.27. The highest BCUT2D eigenvalue weighted by atomic mass is 16.5. The molecule has 0 saturated carbocycles. The Morgan fingerprint density at radius 2 is 2.32 bits per heavy atom. The Balaban J connectivity index is 2.08. The first-order chi connectivity index (χ1) is 9.00. The zero-order valence-electron chi connectivity index (χ0n) is 12.4. The van der Waals surface area contributed by atoms with Crippen LogP contribution in [0.3, 0.4) is 0 Å². The second kappa shape index (κ2) is 5.88. The van der Waals surface area contributed by atoms with Gasteiger partial charge in [-0.3, -0.25) is 4.90 Å². The molecule has 0 aliphatic carbocycles. The number of pyridine rings is 1. The number of nitrogens with one attached hydrogen (secondary N) is 1. The van der Waals surface area contributed by atoms with E-state index in [0.717, 1.165) is 32.0 Å². The normalized spacial score (nSPS) is 23.3. The average molecular weight is 263 g/mol. The van der Waals surface area contributed by atoms with Gasteiger partial charge in [-0.1, -0.05) is 6.07 Å². The van der Waals surface area contributed by atoms with Crippen molar-refractivity contribution < 1.29 is 4.74 Å². The summed E-state index contributed by atoms with van der Waals surface area (Å²) in [5, 5.41) is 3.33. The van der Waals surface area contributed by atoms with Gasteiger partial charge in [0.25, 0.3) is 0 Å². The quantitative estimate of drug-likeness (QED) is 0.905. The van der Waals surface area contributed by atoms with Gasteiger partial charge in [0.05, 0.1) is 11.7 Å². The third kappa shape index (κ3) is 3.91. The number of anilines is 1. The van der Waals surface area contributed by atoms with Gasteiger partial charge in [-0.15, -0.1) is 0 Å². The number of morpholine rings is 1. The lowest BCUT2D eigenvalue weighted by atomic mass is 10.0. The molecule has 1 aliphatic rings. The molecule has 1 fully saturated rings. The molecule has 2 heterocycles. The summed E-state index contributed by atoms with van der Waals surface area (Å²) in [6.45, 7) is 12.3. The van der Waals surface area contributed by atoms with E-state index in [1.165, 1.54) is 5.56 Å². The highest BCUT2D eigenvalue weighted by Crippen LogP contribution is 2.23. The molecule has 1 atom stereocenters. The molecule has 0 amide bonds. The zero-order valence-corrected chi connectivity index (χ0v) is 12.4. The van der Waals surface area contributed by atoms with E-state index in [9.17, 15) is 0 Å². The van der Waals surface area contributed by atoms with Gasteiger partial charge >= 0.3 is 0 Å². The van der Waals surface area contributed by atoms with Crippen molar-refractivity contribution >= 4 is 5.82 Å². The van der Waals surface area contributed by atoms with E-state index in [1.807, 2.05) is 12.3 Å². The Morgan fingerprint density at radius 3 is 3.00 bits per heavy atom. The van der Waals surface area contributed by atoms with Crippen LogP contribution in [0.4, 0.5) is 5.82 Å². The molecule has 0 spiro atoms. The first-order valence-electron chi connectivity index (χ1n) is 7.08. The van der Waals surface area contributed by atoms with Crippen molar-refractivity contribution in [2.75, 3.05) is 25.0 Å². The van der Waals surface area contributed by atoms with E-state index in [0.29, 0.717) is 0 Å². The van der Waals surface area contributed by atoms with Crippen molar-refractivity contribution in [3.8, 4) is 0 Å². The summed E-state index contributed by atoms with van der Waals surface area (Å²) in [6, 6.07) is 4.16. The fourth-order valence-corrected chi connectivity index (χ4v) is 2.84. The summed E-state index contributed by atoms with van der Waals surface area (Å²) in [4.78, 5) is 6.87. The largest absolute Gasteiger partial charge is 0.370 e. The van der Waals surface area contributed by atoms with Gasteiger partial charge in [0.2, 0.25) is 0 Å². The molecule has 4 nitrogen and oxygen atoms in total. The minimum Gasteiger partial charge on any atom is -0.370 e. The van der Waals surface area contributed by atoms with Gasteiger partial charge in [0.15, 0.2) is 0 Å². The van der Waals surface area contributed by atoms with E-state index in [1.54, 1.807) is 0 Å². The number of rotatable bonds is 4. The monoisotopic (exact) mass is 263 g/mol. The Bertz CT molecular complexity index is 420. The van der Waals surface area contributed by atoms with Crippen molar-refractivity contribution in [1.82, 2.24) is 9.88 Å². The number of hydrogen-bond donors (Lipinski definition) is 1. The SMILES string of the molecule is CCNc1ncccc1CN1CC(C)OC(C)(C)C1. The van der Waals surface area contributed by atoms with Crippen LogP contribution in [-0.4, -0.2) is 41.2 Å². The summed E-state index contributed by atoms with van der Waals surface area (Å²) in [6.07, 6.45) is 2.12. The Kier molecular flexibility index (Phi) is 4.42. The molecule has 1 saturated heterocycles. The zero-order chi connectivity index (χ0) is 13.9. The first kappa shape index (κ1) is 14.3. The molecule has 0 radical (unpaired) electrons. The van der Waals surface area contributed by atoms with E-state index < -0.39 is 0 Å². The van der Waals surface area contributed by atoms with Crippen LogP contribution in [-0.2, 0) is 11.3 Å². The standard InChI is InChI=1S/C15H25N3O/c1-5-16-14-13(7-6-8-17-14)10-18-9-12(2)19-15(3,4)11-18/h6-8,12H,5,9-11H2,1-4H3,(H,16,17). The summed E-state index contributed by atoms with van der Waals surface area (Å²) in [5.41, 5.74) is 1.19. The molecular weight excluding hydrogens is 238 g/mol. The van der Waals surface area contributed by atoms with E-state index in [4.69, 9.17) is 4.74 Å². The molecule has 1 unspecified atom stereocenters. The van der Waals surface area contributed by atoms with Crippen molar-refractivity contribution in [3.63, 3.8) is 0 Å². The smallest absolute Gasteiger partial charge is 0.130 e. The number of nitrogens with zero attached hydrogens (tertiary/aromatic N) is 2. The van der Waals surface area contributed by atoms with Crippen molar-refractivity contribution in [1.29, 1.82) is 0 Å². The van der Waals surface area contributed by atoms with Crippen LogP contribution in [0.2, 0.25) is 0 Å². The highest BCUT2D eigenvalue weighted by molar-refractivity contribution is 5.43. The second-order valence-corrected chi connectivity index (χ2v) is 5.90. The summed E-state index contributed by atoms with van der Waals surface area (Å²) < 4.78 is 5.95. The maximum atomic E-state index is 5.95. The molecule has 0 aromatic carbocycles. The lowest BCUT2D eigenvalue weighted by molar-refractivity contribution is -0.130. The minimum atomic E-state index is -0.0712. The van der Waals surface area contributed by atoms with Gasteiger partial charge < -0.3 is 10.1 Å². The van der Waals surface area contributed by atoms with Crippen molar-refractivity contribution in [3.05, 3.63) is 23.9 Å². The molecule has 1 N–H and O–H groups in total. The fraction of sp³-hybridized carbons (Fsp3) is 0.667. The van der Waals surface area contributed by atoms with Crippen molar-refractivity contribution in [2.24, 2.45) is 0 Å². The van der Waals surface area contributed by atoms with Crippen LogP contribution in [0.15, 0.2) is 18.3 Å². The average Bonchev–Trinajstić information content (AvgIpc) is 2.29. The number of ether oxygens (including phenoxy) is 1. The van der Waals surface area contributed by atoms with Crippen molar-refractivity contribution in [2.45, 2.75) is 45.9 Å². The van der Waals surface area contributed by atoms with Crippen LogP contribution < -0.4 is 5.32 Å². The summed E-state index contributed by atoms with van der Waals surface area (Å²) in [5.74, 6) is 1.00. The number of aromatic nitrogens is 1. The maximum absolute atomic E-state index is 5.95. The Labute approximate surface area is 116 Å². The van der Waals surface area contributed by atoms with Crippen LogP contribution in [0.25, 0.3) is 0 Å². The lowest BCUT2D eigenvalue weighted by Crippen LogP contribution is -2.51. The van der Waals surface area contributed by atoms with Gasteiger partial charge in [-0.25, -0.2) is 4.98 Å². The van der Waals surface area contributed by atoms with Crippen LogP contribution in [0, 0.1) is 0 Å². The van der Waals surface area contributed by atoms with Gasteiger partial charge in [-0.2, -0.15) is 0 Å². The predicted octanol–water partition coefficient (Wildman–Crippen LogP) is 2.51. The van der Waals surface area contributed by atoms with Crippen LogP contribution in [0.5, 0.6) is 0 Å². The summed E-state index contributed by atoms with van der Waals surface area (Å²) >= 11 is 0. The molecule has 2 rings (SSSR count). The van der Waals surface area contributed by atoms with Gasteiger partial charge in [0.1, 0.15) is 5.82 Å². The predicted molar refractivity (Wildman–Crippen MR) is 78.3 cm³/mol. The molecule has 106 valence electrons. The molecule has 1 aromatic heterocycles. The highest BCUT2D eigenvalue weighted by Gasteiger charge is 2.31. The molecule has 1 aliphatic heterocycles. The third-order valence-corrected chi connectivity index (χ3v) is 3.27. The maximum Gasteiger partial charge on any atom is 0.130 e. The lowest BCUT2D eigenvalue weighted by Gasteiger charge is -2.41. The minimum absolute atomic E-state index is 0.0712. The molecule has 4 heteroatoms. The van der Waals surface area contributed by atoms with E-state index in [-0.39, 0.29) is 11.7 Å². The first-order valence-corrected chi connectivity index (χ1v) is 7.08. The molecule has 0 bridgehead atoms. The Hall–Kier alpha value is -1.13. The molecular formula is C15H25N3O.